The van der Waals surface area contributed by atoms with Gasteiger partial charge in [-0.15, -0.1) is 0 Å². The first kappa shape index (κ1) is 16.2. The summed E-state index contributed by atoms with van der Waals surface area (Å²) in [5.41, 5.74) is 3.91. The van der Waals surface area contributed by atoms with Crippen molar-refractivity contribution >= 4 is 32.8 Å². The average Bonchev–Trinajstić information content (AvgIpc) is 2.84. The van der Waals surface area contributed by atoms with Crippen LogP contribution in [0.4, 0.5) is 0 Å². The maximum absolute atomic E-state index is 10.9. The molecule has 6 heteroatoms. The van der Waals surface area contributed by atoms with Gasteiger partial charge in [0.15, 0.2) is 0 Å². The monoisotopic (exact) mass is 383 g/mol. The summed E-state index contributed by atoms with van der Waals surface area (Å²) in [5.74, 6) is -0.866. The Bertz CT molecular complexity index is 986. The number of benzene rings is 2. The number of hydrogen-bond donors (Lipinski definition) is 1. The SMILES string of the molecule is Cc1nn(Cc2c(Br)cccc2C#N)c2cc(CC(=O)O)ccc12. The molecule has 0 aliphatic rings. The van der Waals surface area contributed by atoms with Crippen LogP contribution in [0.1, 0.15) is 22.4 Å². The minimum atomic E-state index is -0.866. The van der Waals surface area contributed by atoms with Crippen LogP contribution in [0.2, 0.25) is 0 Å². The van der Waals surface area contributed by atoms with Gasteiger partial charge in [-0.05, 0) is 30.7 Å². The number of carboxylic acids is 1. The number of rotatable bonds is 4. The number of aromatic nitrogens is 2. The fraction of sp³-hybridized carbons (Fsp3) is 0.167. The van der Waals surface area contributed by atoms with Crippen LogP contribution in [-0.2, 0) is 17.8 Å². The van der Waals surface area contributed by atoms with Gasteiger partial charge in [-0.1, -0.05) is 34.1 Å². The second kappa shape index (κ2) is 6.46. The number of nitriles is 1. The molecule has 1 aromatic heterocycles. The minimum Gasteiger partial charge on any atom is -0.481 e. The van der Waals surface area contributed by atoms with Crippen molar-refractivity contribution in [3.8, 4) is 6.07 Å². The molecule has 0 aliphatic carbocycles. The highest BCUT2D eigenvalue weighted by Gasteiger charge is 2.13. The van der Waals surface area contributed by atoms with Crippen LogP contribution >= 0.6 is 15.9 Å². The first-order valence-electron chi connectivity index (χ1n) is 7.35. The average molecular weight is 384 g/mol. The summed E-state index contributed by atoms with van der Waals surface area (Å²) in [6.07, 6.45) is -0.0291. The zero-order valence-electron chi connectivity index (χ0n) is 13.0. The van der Waals surface area contributed by atoms with Crippen LogP contribution in [0, 0.1) is 18.3 Å². The molecule has 2 aromatic carbocycles. The molecule has 0 amide bonds. The van der Waals surface area contributed by atoms with Gasteiger partial charge in [-0.2, -0.15) is 10.4 Å². The molecule has 0 saturated heterocycles. The molecular weight excluding hydrogens is 370 g/mol. The molecule has 1 N–H and O–H groups in total. The molecule has 0 aliphatic heterocycles. The highest BCUT2D eigenvalue weighted by molar-refractivity contribution is 9.10. The van der Waals surface area contributed by atoms with Crippen molar-refractivity contribution in [2.45, 2.75) is 19.9 Å². The largest absolute Gasteiger partial charge is 0.481 e. The predicted octanol–water partition coefficient (Wildman–Crippen LogP) is 3.65. The number of carbonyl (C=O) groups is 1. The van der Waals surface area contributed by atoms with Crippen molar-refractivity contribution in [3.05, 3.63) is 63.3 Å². The van der Waals surface area contributed by atoms with E-state index in [1.807, 2.05) is 41.9 Å². The maximum atomic E-state index is 10.9. The Labute approximate surface area is 147 Å². The first-order valence-corrected chi connectivity index (χ1v) is 8.14. The second-order valence-corrected chi connectivity index (χ2v) is 6.40. The van der Waals surface area contributed by atoms with E-state index in [1.165, 1.54) is 0 Å². The summed E-state index contributed by atoms with van der Waals surface area (Å²) in [5, 5.41) is 23.8. The predicted molar refractivity (Wildman–Crippen MR) is 93.8 cm³/mol. The summed E-state index contributed by atoms with van der Waals surface area (Å²) in [7, 11) is 0. The van der Waals surface area contributed by atoms with Crippen molar-refractivity contribution in [1.82, 2.24) is 9.78 Å². The summed E-state index contributed by atoms with van der Waals surface area (Å²) in [6.45, 7) is 2.35. The number of aryl methyl sites for hydroxylation is 1. The lowest BCUT2D eigenvalue weighted by atomic mass is 10.1. The van der Waals surface area contributed by atoms with Crippen LogP contribution in [0.15, 0.2) is 40.9 Å². The van der Waals surface area contributed by atoms with E-state index in [2.05, 4.69) is 27.1 Å². The fourth-order valence-electron chi connectivity index (χ4n) is 2.76. The Morgan fingerprint density at radius 1 is 1.38 bits per heavy atom. The van der Waals surface area contributed by atoms with Crippen molar-refractivity contribution in [3.63, 3.8) is 0 Å². The van der Waals surface area contributed by atoms with Gasteiger partial charge in [-0.25, -0.2) is 0 Å². The van der Waals surface area contributed by atoms with Crippen LogP contribution in [-0.4, -0.2) is 20.9 Å². The van der Waals surface area contributed by atoms with E-state index in [0.717, 1.165) is 32.2 Å². The van der Waals surface area contributed by atoms with Gasteiger partial charge in [-0.3, -0.25) is 9.48 Å². The van der Waals surface area contributed by atoms with Gasteiger partial charge in [0.05, 0.1) is 35.8 Å². The fourth-order valence-corrected chi connectivity index (χ4v) is 3.26. The standard InChI is InChI=1S/C18H14BrN3O2/c1-11-14-6-5-12(8-18(23)24)7-17(14)22(21-11)10-15-13(9-20)3-2-4-16(15)19/h2-7H,8,10H2,1H3,(H,23,24). The molecule has 3 aromatic rings. The third kappa shape index (κ3) is 3.03. The van der Waals surface area contributed by atoms with E-state index < -0.39 is 5.97 Å². The number of hydrogen-bond acceptors (Lipinski definition) is 3. The molecule has 0 spiro atoms. The quantitative estimate of drug-likeness (QED) is 0.745. The van der Waals surface area contributed by atoms with Gasteiger partial charge in [0.2, 0.25) is 0 Å². The van der Waals surface area contributed by atoms with Crippen LogP contribution in [0.25, 0.3) is 10.9 Å². The van der Waals surface area contributed by atoms with Gasteiger partial charge >= 0.3 is 5.97 Å². The van der Waals surface area contributed by atoms with E-state index in [4.69, 9.17) is 5.11 Å². The molecule has 5 nitrogen and oxygen atoms in total. The Kier molecular flexibility index (Phi) is 4.36. The third-order valence-corrected chi connectivity index (χ3v) is 4.65. The van der Waals surface area contributed by atoms with Gasteiger partial charge < -0.3 is 5.11 Å². The Hall–Kier alpha value is -2.65. The van der Waals surface area contributed by atoms with Crippen molar-refractivity contribution in [2.75, 3.05) is 0 Å². The van der Waals surface area contributed by atoms with Crippen LogP contribution < -0.4 is 0 Å². The summed E-state index contributed by atoms with van der Waals surface area (Å²) >= 11 is 3.49. The molecule has 0 atom stereocenters. The van der Waals surface area contributed by atoms with E-state index in [9.17, 15) is 10.1 Å². The topological polar surface area (TPSA) is 78.9 Å². The van der Waals surface area contributed by atoms with E-state index >= 15 is 0 Å². The molecule has 0 radical (unpaired) electrons. The Morgan fingerprint density at radius 2 is 2.17 bits per heavy atom. The summed E-state index contributed by atoms with van der Waals surface area (Å²) in [6, 6.07) is 13.3. The highest BCUT2D eigenvalue weighted by Crippen LogP contribution is 2.25. The summed E-state index contributed by atoms with van der Waals surface area (Å²) in [4.78, 5) is 10.9. The third-order valence-electron chi connectivity index (χ3n) is 3.90. The number of aliphatic carboxylic acids is 1. The number of nitrogens with zero attached hydrogens (tertiary/aromatic N) is 3. The zero-order chi connectivity index (χ0) is 17.3. The zero-order valence-corrected chi connectivity index (χ0v) is 14.5. The van der Waals surface area contributed by atoms with Gasteiger partial charge in [0, 0.05) is 15.4 Å². The molecule has 0 fully saturated rings. The molecular formula is C18H14BrN3O2. The van der Waals surface area contributed by atoms with Crippen LogP contribution in [0.5, 0.6) is 0 Å². The molecule has 120 valence electrons. The molecule has 24 heavy (non-hydrogen) atoms. The van der Waals surface area contributed by atoms with E-state index in [1.54, 1.807) is 6.07 Å². The van der Waals surface area contributed by atoms with Gasteiger partial charge in [0.1, 0.15) is 0 Å². The number of fused-ring (bicyclic) bond motifs is 1. The van der Waals surface area contributed by atoms with E-state index in [-0.39, 0.29) is 6.42 Å². The van der Waals surface area contributed by atoms with Gasteiger partial charge in [0.25, 0.3) is 0 Å². The molecule has 0 saturated carbocycles. The molecule has 1 heterocycles. The van der Waals surface area contributed by atoms with E-state index in [0.29, 0.717) is 12.1 Å². The molecule has 0 unspecified atom stereocenters. The minimum absolute atomic E-state index is 0.0291. The highest BCUT2D eigenvalue weighted by atomic mass is 79.9. The normalized spacial score (nSPS) is 10.7. The summed E-state index contributed by atoms with van der Waals surface area (Å²) < 4.78 is 2.67. The smallest absolute Gasteiger partial charge is 0.307 e. The van der Waals surface area contributed by atoms with Crippen molar-refractivity contribution in [2.24, 2.45) is 0 Å². The Balaban J connectivity index is 2.10. The lowest BCUT2D eigenvalue weighted by Crippen LogP contribution is -2.05. The number of halogens is 1. The van der Waals surface area contributed by atoms with Crippen molar-refractivity contribution < 1.29 is 9.90 Å². The van der Waals surface area contributed by atoms with Crippen LogP contribution in [0.3, 0.4) is 0 Å². The Morgan fingerprint density at radius 3 is 2.88 bits per heavy atom. The first-order chi connectivity index (χ1) is 11.5. The second-order valence-electron chi connectivity index (χ2n) is 5.54. The number of carboxylic acid groups (broad SMARTS) is 1. The van der Waals surface area contributed by atoms with Crippen molar-refractivity contribution in [1.29, 1.82) is 5.26 Å². The lowest BCUT2D eigenvalue weighted by molar-refractivity contribution is -0.136. The maximum Gasteiger partial charge on any atom is 0.307 e. The molecule has 3 rings (SSSR count). The lowest BCUT2D eigenvalue weighted by Gasteiger charge is -2.09. The molecule has 0 bridgehead atoms.